The molecule has 0 radical (unpaired) electrons. The quantitative estimate of drug-likeness (QED) is 0.764. The van der Waals surface area contributed by atoms with Crippen LogP contribution in [-0.2, 0) is 5.88 Å². The van der Waals surface area contributed by atoms with Crippen LogP contribution < -0.4 is 4.90 Å². The fourth-order valence-electron chi connectivity index (χ4n) is 2.29. The average molecular weight is 253 g/mol. The SMILES string of the molecule is CC(C)N1CCN(c2ccc(CCl)cc2)CC1. The Balaban J connectivity index is 1.95. The number of halogens is 1. The lowest BCUT2D eigenvalue weighted by Crippen LogP contribution is -2.48. The molecule has 0 bridgehead atoms. The van der Waals surface area contributed by atoms with Crippen LogP contribution in [0, 0.1) is 0 Å². The molecule has 1 saturated heterocycles. The monoisotopic (exact) mass is 252 g/mol. The predicted octanol–water partition coefficient (Wildman–Crippen LogP) is 2.96. The van der Waals surface area contributed by atoms with Crippen molar-refractivity contribution in [3.8, 4) is 0 Å². The van der Waals surface area contributed by atoms with Crippen molar-refractivity contribution in [1.82, 2.24) is 4.90 Å². The van der Waals surface area contributed by atoms with Gasteiger partial charge in [-0.05, 0) is 31.5 Å². The lowest BCUT2D eigenvalue weighted by Gasteiger charge is -2.38. The first kappa shape index (κ1) is 12.7. The summed E-state index contributed by atoms with van der Waals surface area (Å²) in [5.74, 6) is 0.599. The van der Waals surface area contributed by atoms with Crippen LogP contribution >= 0.6 is 11.6 Å². The Morgan fingerprint density at radius 1 is 1.06 bits per heavy atom. The van der Waals surface area contributed by atoms with Gasteiger partial charge in [0.1, 0.15) is 0 Å². The topological polar surface area (TPSA) is 6.48 Å². The number of hydrogen-bond donors (Lipinski definition) is 0. The number of rotatable bonds is 3. The summed E-state index contributed by atoms with van der Waals surface area (Å²) in [6.07, 6.45) is 0. The van der Waals surface area contributed by atoms with Gasteiger partial charge < -0.3 is 4.90 Å². The molecule has 0 aromatic heterocycles. The Labute approximate surface area is 109 Å². The van der Waals surface area contributed by atoms with Gasteiger partial charge >= 0.3 is 0 Å². The van der Waals surface area contributed by atoms with E-state index < -0.39 is 0 Å². The summed E-state index contributed by atoms with van der Waals surface area (Å²) in [7, 11) is 0. The first-order chi connectivity index (χ1) is 8.20. The molecule has 0 atom stereocenters. The molecule has 17 heavy (non-hydrogen) atoms. The van der Waals surface area contributed by atoms with Crippen LogP contribution in [0.4, 0.5) is 5.69 Å². The van der Waals surface area contributed by atoms with Gasteiger partial charge in [-0.15, -0.1) is 11.6 Å². The van der Waals surface area contributed by atoms with Crippen LogP contribution in [0.25, 0.3) is 0 Å². The minimum Gasteiger partial charge on any atom is -0.369 e. The van der Waals surface area contributed by atoms with Crippen molar-refractivity contribution in [2.24, 2.45) is 0 Å². The minimum atomic E-state index is 0.599. The van der Waals surface area contributed by atoms with Crippen LogP contribution in [0.3, 0.4) is 0 Å². The normalized spacial score (nSPS) is 17.8. The molecule has 1 aromatic carbocycles. The van der Waals surface area contributed by atoms with E-state index in [0.717, 1.165) is 26.2 Å². The van der Waals surface area contributed by atoms with E-state index in [-0.39, 0.29) is 0 Å². The van der Waals surface area contributed by atoms with Crippen LogP contribution in [0.5, 0.6) is 0 Å². The summed E-state index contributed by atoms with van der Waals surface area (Å²) >= 11 is 5.80. The molecule has 0 N–H and O–H groups in total. The van der Waals surface area contributed by atoms with E-state index in [4.69, 9.17) is 11.6 Å². The Morgan fingerprint density at radius 3 is 2.12 bits per heavy atom. The fourth-order valence-corrected chi connectivity index (χ4v) is 2.47. The number of piperazine rings is 1. The molecule has 94 valence electrons. The largest absolute Gasteiger partial charge is 0.369 e. The molecule has 0 spiro atoms. The van der Waals surface area contributed by atoms with Crippen molar-refractivity contribution < 1.29 is 0 Å². The van der Waals surface area contributed by atoms with Gasteiger partial charge in [0.25, 0.3) is 0 Å². The van der Waals surface area contributed by atoms with Crippen LogP contribution in [0.1, 0.15) is 19.4 Å². The molecule has 0 amide bonds. The highest BCUT2D eigenvalue weighted by Crippen LogP contribution is 2.18. The third-order valence-electron chi connectivity index (χ3n) is 3.50. The first-order valence-corrected chi connectivity index (χ1v) is 6.88. The number of hydrogen-bond acceptors (Lipinski definition) is 2. The highest BCUT2D eigenvalue weighted by molar-refractivity contribution is 6.17. The van der Waals surface area contributed by atoms with E-state index in [1.807, 2.05) is 0 Å². The smallest absolute Gasteiger partial charge is 0.0474 e. The van der Waals surface area contributed by atoms with Crippen molar-refractivity contribution in [3.63, 3.8) is 0 Å². The summed E-state index contributed by atoms with van der Waals surface area (Å²) in [6.45, 7) is 9.11. The molecule has 3 heteroatoms. The number of benzene rings is 1. The van der Waals surface area contributed by atoms with Gasteiger partial charge in [-0.1, -0.05) is 12.1 Å². The molecule has 1 heterocycles. The molecular weight excluding hydrogens is 232 g/mol. The van der Waals surface area contributed by atoms with Crippen molar-refractivity contribution in [2.45, 2.75) is 25.8 Å². The average Bonchev–Trinajstić information content (AvgIpc) is 2.39. The van der Waals surface area contributed by atoms with Gasteiger partial charge in [0.15, 0.2) is 0 Å². The standard InChI is InChI=1S/C14H21ClN2/c1-12(2)16-7-9-17(10-8-16)14-5-3-13(11-15)4-6-14/h3-6,12H,7-11H2,1-2H3. The molecule has 2 rings (SSSR count). The van der Waals surface area contributed by atoms with Crippen molar-refractivity contribution in [3.05, 3.63) is 29.8 Å². The fraction of sp³-hybridized carbons (Fsp3) is 0.571. The molecule has 1 fully saturated rings. The van der Waals surface area contributed by atoms with Crippen molar-refractivity contribution >= 4 is 17.3 Å². The van der Waals surface area contributed by atoms with E-state index in [2.05, 4.69) is 47.9 Å². The molecule has 2 nitrogen and oxygen atoms in total. The van der Waals surface area contributed by atoms with Gasteiger partial charge in [0.2, 0.25) is 0 Å². The molecule has 1 aliphatic rings. The van der Waals surface area contributed by atoms with E-state index in [0.29, 0.717) is 11.9 Å². The summed E-state index contributed by atoms with van der Waals surface area (Å²) in [4.78, 5) is 4.99. The second-order valence-electron chi connectivity index (χ2n) is 4.92. The Kier molecular flexibility index (Phi) is 4.30. The van der Waals surface area contributed by atoms with E-state index >= 15 is 0 Å². The zero-order valence-electron chi connectivity index (χ0n) is 10.7. The summed E-state index contributed by atoms with van der Waals surface area (Å²) < 4.78 is 0. The number of alkyl halides is 1. The van der Waals surface area contributed by atoms with Crippen LogP contribution in [0.15, 0.2) is 24.3 Å². The lowest BCUT2D eigenvalue weighted by molar-refractivity contribution is 0.209. The molecule has 1 aromatic rings. The third kappa shape index (κ3) is 3.14. The first-order valence-electron chi connectivity index (χ1n) is 6.34. The van der Waals surface area contributed by atoms with Gasteiger partial charge in [0.05, 0.1) is 0 Å². The summed E-state index contributed by atoms with van der Waals surface area (Å²) in [5, 5.41) is 0. The highest BCUT2D eigenvalue weighted by Gasteiger charge is 2.18. The van der Waals surface area contributed by atoms with E-state index in [9.17, 15) is 0 Å². The summed E-state index contributed by atoms with van der Waals surface area (Å²) in [6, 6.07) is 9.27. The molecule has 0 saturated carbocycles. The van der Waals surface area contributed by atoms with Crippen LogP contribution in [0.2, 0.25) is 0 Å². The van der Waals surface area contributed by atoms with Gasteiger partial charge in [0, 0.05) is 43.8 Å². The second-order valence-corrected chi connectivity index (χ2v) is 5.18. The van der Waals surface area contributed by atoms with Gasteiger partial charge in [-0.2, -0.15) is 0 Å². The Morgan fingerprint density at radius 2 is 1.65 bits per heavy atom. The highest BCUT2D eigenvalue weighted by atomic mass is 35.5. The Bertz CT molecular complexity index is 340. The predicted molar refractivity (Wildman–Crippen MR) is 74.9 cm³/mol. The number of anilines is 1. The maximum absolute atomic E-state index is 5.80. The molecule has 0 unspecified atom stereocenters. The second kappa shape index (κ2) is 5.74. The maximum Gasteiger partial charge on any atom is 0.0474 e. The molecule has 1 aliphatic heterocycles. The lowest BCUT2D eigenvalue weighted by atomic mass is 10.2. The van der Waals surface area contributed by atoms with Crippen LogP contribution in [-0.4, -0.2) is 37.1 Å². The molecular formula is C14H21ClN2. The number of nitrogens with zero attached hydrogens (tertiary/aromatic N) is 2. The van der Waals surface area contributed by atoms with Crippen molar-refractivity contribution in [2.75, 3.05) is 31.1 Å². The minimum absolute atomic E-state index is 0.599. The molecule has 0 aliphatic carbocycles. The summed E-state index contributed by atoms with van der Waals surface area (Å²) in [5.41, 5.74) is 2.51. The van der Waals surface area contributed by atoms with E-state index in [1.54, 1.807) is 0 Å². The van der Waals surface area contributed by atoms with Crippen molar-refractivity contribution in [1.29, 1.82) is 0 Å². The van der Waals surface area contributed by atoms with Gasteiger partial charge in [-0.25, -0.2) is 0 Å². The zero-order chi connectivity index (χ0) is 12.3. The Hall–Kier alpha value is -0.730. The van der Waals surface area contributed by atoms with Gasteiger partial charge in [-0.3, -0.25) is 4.90 Å². The maximum atomic E-state index is 5.80. The zero-order valence-corrected chi connectivity index (χ0v) is 11.5. The van der Waals surface area contributed by atoms with E-state index in [1.165, 1.54) is 11.3 Å². The third-order valence-corrected chi connectivity index (χ3v) is 3.81.